The van der Waals surface area contributed by atoms with Gasteiger partial charge in [-0.05, 0) is 63.2 Å². The quantitative estimate of drug-likeness (QED) is 0.746. The first-order valence-electron chi connectivity index (χ1n) is 10.6. The zero-order valence-corrected chi connectivity index (χ0v) is 18.3. The summed E-state index contributed by atoms with van der Waals surface area (Å²) in [5.41, 5.74) is 2.22. The average molecular weight is 425 g/mol. The summed E-state index contributed by atoms with van der Waals surface area (Å²) in [7, 11) is 0. The van der Waals surface area contributed by atoms with Crippen molar-refractivity contribution in [3.8, 4) is 0 Å². The van der Waals surface area contributed by atoms with E-state index in [-0.39, 0.29) is 11.9 Å². The van der Waals surface area contributed by atoms with E-state index in [4.69, 9.17) is 0 Å². The van der Waals surface area contributed by atoms with Crippen molar-refractivity contribution in [3.05, 3.63) is 48.0 Å². The van der Waals surface area contributed by atoms with Gasteiger partial charge in [0.1, 0.15) is 0 Å². The van der Waals surface area contributed by atoms with Crippen molar-refractivity contribution in [2.24, 2.45) is 0 Å². The molecule has 2 aromatic rings. The number of hydrogen-bond acceptors (Lipinski definition) is 4. The average Bonchev–Trinajstić information content (AvgIpc) is 3.18. The van der Waals surface area contributed by atoms with Crippen LogP contribution in [0.5, 0.6) is 0 Å². The molecule has 0 unspecified atom stereocenters. The van der Waals surface area contributed by atoms with Crippen LogP contribution < -0.4 is 15.5 Å². The Morgan fingerprint density at radius 1 is 1.13 bits per heavy atom. The SMILES string of the molecule is CCN1C(=O)c2ccccc2Sc2ccc(NC(=O)NC[C@H]3CCCN3CC)cc21. The monoisotopic (exact) mass is 424 g/mol. The summed E-state index contributed by atoms with van der Waals surface area (Å²) >= 11 is 1.59. The van der Waals surface area contributed by atoms with E-state index in [0.717, 1.165) is 35.0 Å². The number of amides is 3. The van der Waals surface area contributed by atoms with Gasteiger partial charge in [0.15, 0.2) is 0 Å². The van der Waals surface area contributed by atoms with E-state index >= 15 is 0 Å². The van der Waals surface area contributed by atoms with Gasteiger partial charge in [-0.1, -0.05) is 30.8 Å². The number of benzene rings is 2. The van der Waals surface area contributed by atoms with Gasteiger partial charge in [0.05, 0.1) is 11.3 Å². The normalized spacial score (nSPS) is 18.5. The molecule has 0 radical (unpaired) electrons. The number of nitrogens with one attached hydrogen (secondary N) is 2. The molecule has 0 aromatic heterocycles. The van der Waals surface area contributed by atoms with Gasteiger partial charge in [-0.3, -0.25) is 9.69 Å². The van der Waals surface area contributed by atoms with Crippen LogP contribution in [0.25, 0.3) is 0 Å². The molecule has 2 aromatic carbocycles. The Hall–Kier alpha value is -2.51. The van der Waals surface area contributed by atoms with Crippen LogP contribution in [0.2, 0.25) is 0 Å². The fraction of sp³-hybridized carbons (Fsp3) is 0.391. The first-order valence-corrected chi connectivity index (χ1v) is 11.4. The predicted octanol–water partition coefficient (Wildman–Crippen LogP) is 4.42. The van der Waals surface area contributed by atoms with Gasteiger partial charge in [-0.15, -0.1) is 0 Å². The summed E-state index contributed by atoms with van der Waals surface area (Å²) < 4.78 is 0. The van der Waals surface area contributed by atoms with Gasteiger partial charge in [0.2, 0.25) is 0 Å². The number of likely N-dealkylation sites (tertiary alicyclic amines) is 1. The van der Waals surface area contributed by atoms with Crippen LogP contribution in [0.4, 0.5) is 16.2 Å². The molecule has 4 rings (SSSR count). The highest BCUT2D eigenvalue weighted by atomic mass is 32.2. The third-order valence-electron chi connectivity index (χ3n) is 5.81. The van der Waals surface area contributed by atoms with Crippen molar-refractivity contribution in [2.75, 3.05) is 36.4 Å². The van der Waals surface area contributed by atoms with Gasteiger partial charge in [-0.2, -0.15) is 0 Å². The van der Waals surface area contributed by atoms with Gasteiger partial charge < -0.3 is 15.5 Å². The lowest BCUT2D eigenvalue weighted by molar-refractivity contribution is 0.0985. The highest BCUT2D eigenvalue weighted by Gasteiger charge is 2.27. The van der Waals surface area contributed by atoms with Crippen molar-refractivity contribution in [2.45, 2.75) is 42.5 Å². The Morgan fingerprint density at radius 2 is 1.97 bits per heavy atom. The Labute approximate surface area is 182 Å². The molecule has 0 bridgehead atoms. The summed E-state index contributed by atoms with van der Waals surface area (Å²) in [5, 5.41) is 5.93. The Morgan fingerprint density at radius 3 is 2.77 bits per heavy atom. The van der Waals surface area contributed by atoms with Crippen LogP contribution in [0.3, 0.4) is 0 Å². The van der Waals surface area contributed by atoms with E-state index in [1.54, 1.807) is 16.7 Å². The number of rotatable bonds is 5. The minimum atomic E-state index is -0.211. The smallest absolute Gasteiger partial charge is 0.319 e. The lowest BCUT2D eigenvalue weighted by Gasteiger charge is -2.23. The first-order chi connectivity index (χ1) is 14.6. The number of fused-ring (bicyclic) bond motifs is 2. The Bertz CT molecular complexity index is 949. The number of nitrogens with zero attached hydrogens (tertiary/aromatic N) is 2. The molecule has 1 atom stereocenters. The molecule has 2 N–H and O–H groups in total. The third kappa shape index (κ3) is 4.18. The minimum Gasteiger partial charge on any atom is -0.336 e. The molecule has 0 aliphatic carbocycles. The summed E-state index contributed by atoms with van der Waals surface area (Å²) in [6, 6.07) is 13.6. The van der Waals surface area contributed by atoms with Crippen molar-refractivity contribution in [1.82, 2.24) is 10.2 Å². The molecule has 30 heavy (non-hydrogen) atoms. The first kappa shape index (κ1) is 20.8. The largest absolute Gasteiger partial charge is 0.336 e. The highest BCUT2D eigenvalue weighted by Crippen LogP contribution is 2.42. The Balaban J connectivity index is 1.49. The number of anilines is 2. The molecule has 1 saturated heterocycles. The van der Waals surface area contributed by atoms with Gasteiger partial charge >= 0.3 is 6.03 Å². The fourth-order valence-electron chi connectivity index (χ4n) is 4.24. The second kappa shape index (κ2) is 9.10. The molecule has 158 valence electrons. The predicted molar refractivity (Wildman–Crippen MR) is 122 cm³/mol. The van der Waals surface area contributed by atoms with Crippen LogP contribution >= 0.6 is 11.8 Å². The van der Waals surface area contributed by atoms with Crippen LogP contribution in [0, 0.1) is 0 Å². The van der Waals surface area contributed by atoms with E-state index in [2.05, 4.69) is 22.5 Å². The highest BCUT2D eigenvalue weighted by molar-refractivity contribution is 7.99. The number of likely N-dealkylation sites (N-methyl/N-ethyl adjacent to an activating group) is 1. The number of hydrogen-bond donors (Lipinski definition) is 2. The number of carbonyl (C=O) groups is 2. The molecule has 2 heterocycles. The third-order valence-corrected chi connectivity index (χ3v) is 6.95. The molecule has 2 aliphatic heterocycles. The summed E-state index contributed by atoms with van der Waals surface area (Å²) in [6.45, 7) is 7.45. The molecule has 3 amide bonds. The maximum Gasteiger partial charge on any atom is 0.319 e. The number of urea groups is 1. The molecule has 1 fully saturated rings. The van der Waals surface area contributed by atoms with E-state index in [1.165, 1.54) is 6.42 Å². The lowest BCUT2D eigenvalue weighted by Crippen LogP contribution is -2.41. The maximum atomic E-state index is 13.1. The van der Waals surface area contributed by atoms with Gasteiger partial charge in [0.25, 0.3) is 5.91 Å². The fourth-order valence-corrected chi connectivity index (χ4v) is 5.30. The van der Waals surface area contributed by atoms with Gasteiger partial charge in [-0.25, -0.2) is 4.79 Å². The molecule has 7 heteroatoms. The Kier molecular flexibility index (Phi) is 6.29. The van der Waals surface area contributed by atoms with Crippen LogP contribution in [0.15, 0.2) is 52.3 Å². The van der Waals surface area contributed by atoms with E-state index in [9.17, 15) is 9.59 Å². The molecule has 6 nitrogen and oxygen atoms in total. The van der Waals surface area contributed by atoms with E-state index in [1.807, 2.05) is 49.4 Å². The van der Waals surface area contributed by atoms with E-state index in [0.29, 0.717) is 30.4 Å². The van der Waals surface area contributed by atoms with Crippen molar-refractivity contribution < 1.29 is 9.59 Å². The van der Waals surface area contributed by atoms with Crippen molar-refractivity contribution >= 4 is 35.1 Å². The molecular formula is C23H28N4O2S. The topological polar surface area (TPSA) is 64.7 Å². The molecule has 2 aliphatic rings. The second-order valence-electron chi connectivity index (χ2n) is 7.59. The second-order valence-corrected chi connectivity index (χ2v) is 8.67. The van der Waals surface area contributed by atoms with Crippen molar-refractivity contribution in [3.63, 3.8) is 0 Å². The summed E-state index contributed by atoms with van der Waals surface area (Å²) in [4.78, 5) is 31.7. The zero-order chi connectivity index (χ0) is 21.1. The molecular weight excluding hydrogens is 396 g/mol. The lowest BCUT2D eigenvalue weighted by atomic mass is 10.1. The van der Waals surface area contributed by atoms with Crippen LogP contribution in [-0.4, -0.2) is 49.1 Å². The van der Waals surface area contributed by atoms with Gasteiger partial charge in [0, 0.05) is 34.6 Å². The van der Waals surface area contributed by atoms with Crippen LogP contribution in [0.1, 0.15) is 37.0 Å². The minimum absolute atomic E-state index is 0.0122. The molecule has 0 spiro atoms. The van der Waals surface area contributed by atoms with Crippen LogP contribution in [-0.2, 0) is 0 Å². The summed E-state index contributed by atoms with van der Waals surface area (Å²) in [6.07, 6.45) is 2.31. The van der Waals surface area contributed by atoms with E-state index < -0.39 is 0 Å². The molecule has 0 saturated carbocycles. The van der Waals surface area contributed by atoms with Crippen molar-refractivity contribution in [1.29, 1.82) is 0 Å². The summed E-state index contributed by atoms with van der Waals surface area (Å²) in [5.74, 6) is -0.0122. The maximum absolute atomic E-state index is 13.1. The number of carbonyl (C=O) groups excluding carboxylic acids is 2. The standard InChI is InChI=1S/C23H28N4O2S/c1-3-26-13-7-8-17(26)15-24-23(29)25-16-11-12-21-19(14-16)27(4-2)22(28)18-9-5-6-10-20(18)30-21/h5-6,9-12,14,17H,3-4,7-8,13,15H2,1-2H3,(H2,24,25,29)/t17-/m1/s1. The zero-order valence-electron chi connectivity index (χ0n) is 17.5.